The Labute approximate surface area is 306 Å². The summed E-state index contributed by atoms with van der Waals surface area (Å²) in [6, 6.07) is 5.93. The average Bonchev–Trinajstić information content (AvgIpc) is 3.53. The highest BCUT2D eigenvalue weighted by Crippen LogP contribution is 2.41. The van der Waals surface area contributed by atoms with Gasteiger partial charge in [-0.05, 0) is 51.0 Å². The lowest BCUT2D eigenvalue weighted by Crippen LogP contribution is -2.71. The number of ether oxygens (including phenoxy) is 3. The van der Waals surface area contributed by atoms with E-state index in [1.807, 2.05) is 0 Å². The molecule has 0 saturated carbocycles. The van der Waals surface area contributed by atoms with Gasteiger partial charge in [0.25, 0.3) is 17.7 Å². The summed E-state index contributed by atoms with van der Waals surface area (Å²) in [5.41, 5.74) is -2.30. The summed E-state index contributed by atoms with van der Waals surface area (Å²) in [5, 5.41) is 22.1. The van der Waals surface area contributed by atoms with Crippen LogP contribution in [0.4, 0.5) is 9.93 Å². The van der Waals surface area contributed by atoms with Crippen molar-refractivity contribution in [2.45, 2.75) is 57.0 Å². The molecule has 1 aromatic carbocycles. The number of allylic oxidation sites excluding steroid dienone is 2. The molecule has 4 amide bonds. The molecule has 2 aromatic rings. The molecule has 3 atom stereocenters. The van der Waals surface area contributed by atoms with Gasteiger partial charge in [0.05, 0.1) is 7.11 Å². The molecule has 4 rings (SSSR count). The molecular formula is C32H37ClN6O10S2. The molecule has 2 aliphatic rings. The second-order valence-corrected chi connectivity index (χ2v) is 14.3. The molecule has 3 heterocycles. The number of carbonyl (C=O) groups excluding carboxylic acids is 5. The van der Waals surface area contributed by atoms with E-state index in [0.29, 0.717) is 22.6 Å². The number of halogens is 1. The fraction of sp³-hybridized carbons (Fsp3) is 0.406. The highest BCUT2D eigenvalue weighted by Gasteiger charge is 2.54. The number of carbonyl (C=O) groups is 5. The molecule has 4 N–H and O–H groups in total. The van der Waals surface area contributed by atoms with Crippen LogP contribution in [0, 0.1) is 0 Å². The summed E-state index contributed by atoms with van der Waals surface area (Å²) in [6.07, 6.45) is 2.29. The molecule has 0 spiro atoms. The van der Waals surface area contributed by atoms with E-state index >= 15 is 0 Å². The summed E-state index contributed by atoms with van der Waals surface area (Å²) in [5.74, 6) is -1.99. The lowest BCUT2D eigenvalue weighted by Gasteiger charge is -2.49. The van der Waals surface area contributed by atoms with Crippen LogP contribution in [0.2, 0.25) is 0 Å². The number of methoxy groups -OCH3 is 1. The largest absolute Gasteiger partial charge is 0.497 e. The zero-order chi connectivity index (χ0) is 37.5. The predicted molar refractivity (Wildman–Crippen MR) is 189 cm³/mol. The standard InChI is InChI=1S/C32H37ClN6O10S2/c1-31(2,3)49-30(44)37-32(4,45)28(43)36-29-34-20(16-51-29)21(38-47-6)24(40)35-22-25(41)39-23(18(8-7-13-33)15-50-26(22)39)27(42)48-14-17-9-11-19(46-5)12-10-17/h7-12,16,22,26,45H,13-15H2,1-6H3,(H,35,40)(H,37,44)(H,34,36,43)/b8-7-,38-21+/t22?,26?,32-/m0/s1. The topological polar surface area (TPSA) is 207 Å². The number of thiazole rings is 1. The Hall–Kier alpha value is -4.65. The van der Waals surface area contributed by atoms with Crippen molar-refractivity contribution in [2.24, 2.45) is 5.16 Å². The fourth-order valence-electron chi connectivity index (χ4n) is 4.61. The van der Waals surface area contributed by atoms with E-state index in [-0.39, 0.29) is 34.7 Å². The van der Waals surface area contributed by atoms with Gasteiger partial charge >= 0.3 is 12.1 Å². The van der Waals surface area contributed by atoms with Crippen LogP contribution in [0.1, 0.15) is 39.0 Å². The molecule has 19 heteroatoms. The number of nitrogens with one attached hydrogen (secondary N) is 3. The first kappa shape index (κ1) is 39.1. The molecule has 51 heavy (non-hydrogen) atoms. The summed E-state index contributed by atoms with van der Waals surface area (Å²) in [6.45, 7) is 5.85. The van der Waals surface area contributed by atoms with Crippen LogP contribution in [-0.4, -0.2) is 99.1 Å². The Morgan fingerprint density at radius 1 is 1.16 bits per heavy atom. The zero-order valence-corrected chi connectivity index (χ0v) is 30.9. The summed E-state index contributed by atoms with van der Waals surface area (Å²) < 4.78 is 15.8. The lowest BCUT2D eigenvalue weighted by molar-refractivity contribution is -0.153. The van der Waals surface area contributed by atoms with Gasteiger partial charge in [-0.25, -0.2) is 14.6 Å². The van der Waals surface area contributed by atoms with Gasteiger partial charge in [0, 0.05) is 17.0 Å². The molecule has 2 aliphatic heterocycles. The van der Waals surface area contributed by atoms with Gasteiger partial charge in [-0.15, -0.1) is 34.7 Å². The maximum Gasteiger partial charge on any atom is 0.410 e. The SMILES string of the molecule is CO/N=C(/C(=O)NC1C(=O)N2C(C(=O)OCc3ccc(OC)cc3)=C(/C=C\CCl)CSC12)c1csc(NC(=O)[C@](C)(O)NC(=O)OC(C)(C)C)n1. The summed E-state index contributed by atoms with van der Waals surface area (Å²) in [7, 11) is 2.75. The third kappa shape index (κ3) is 9.78. The van der Waals surface area contributed by atoms with E-state index in [9.17, 15) is 29.1 Å². The minimum absolute atomic E-state index is 0.0227. The summed E-state index contributed by atoms with van der Waals surface area (Å²) in [4.78, 5) is 75.5. The fourth-order valence-corrected chi connectivity index (χ4v) is 6.71. The first-order chi connectivity index (χ1) is 24.1. The van der Waals surface area contributed by atoms with Gasteiger partial charge in [0.15, 0.2) is 10.8 Å². The number of hydrogen-bond acceptors (Lipinski definition) is 14. The van der Waals surface area contributed by atoms with E-state index in [4.69, 9.17) is 30.6 Å². The quantitative estimate of drug-likeness (QED) is 0.0580. The highest BCUT2D eigenvalue weighted by atomic mass is 35.5. The molecular weight excluding hydrogens is 728 g/mol. The maximum atomic E-state index is 13.5. The van der Waals surface area contributed by atoms with E-state index in [1.165, 1.54) is 29.2 Å². The zero-order valence-electron chi connectivity index (χ0n) is 28.5. The minimum atomic E-state index is -2.38. The van der Waals surface area contributed by atoms with Gasteiger partial charge < -0.3 is 29.5 Å². The van der Waals surface area contributed by atoms with Crippen LogP contribution in [0.25, 0.3) is 0 Å². The second-order valence-electron chi connectivity index (χ2n) is 12.0. The van der Waals surface area contributed by atoms with Gasteiger partial charge in [-0.1, -0.05) is 29.4 Å². The normalized spacial score (nSPS) is 18.6. The predicted octanol–water partition coefficient (Wildman–Crippen LogP) is 2.87. The Morgan fingerprint density at radius 2 is 1.86 bits per heavy atom. The Bertz CT molecular complexity index is 1750. The highest BCUT2D eigenvalue weighted by molar-refractivity contribution is 8.00. The van der Waals surface area contributed by atoms with Crippen molar-refractivity contribution in [1.82, 2.24) is 20.5 Å². The van der Waals surface area contributed by atoms with E-state index in [1.54, 1.807) is 64.3 Å². The van der Waals surface area contributed by atoms with E-state index in [0.717, 1.165) is 18.3 Å². The van der Waals surface area contributed by atoms with Crippen molar-refractivity contribution in [3.63, 3.8) is 0 Å². The molecule has 1 fully saturated rings. The maximum absolute atomic E-state index is 13.5. The van der Waals surface area contributed by atoms with Gasteiger partial charge in [-0.3, -0.25) is 29.9 Å². The van der Waals surface area contributed by atoms with Gasteiger partial charge in [-0.2, -0.15) is 0 Å². The number of rotatable bonds is 13. The van der Waals surface area contributed by atoms with Crippen molar-refractivity contribution in [3.05, 3.63) is 64.3 Å². The van der Waals surface area contributed by atoms with Crippen LogP contribution in [0.3, 0.4) is 0 Å². The molecule has 1 aromatic heterocycles. The van der Waals surface area contributed by atoms with Crippen molar-refractivity contribution >= 4 is 75.3 Å². The monoisotopic (exact) mass is 764 g/mol. The van der Waals surface area contributed by atoms with Crippen LogP contribution < -0.4 is 20.7 Å². The average molecular weight is 765 g/mol. The number of β-lactam (4-membered cyclic amide) rings is 1. The molecule has 1 saturated heterocycles. The minimum Gasteiger partial charge on any atom is -0.497 e. The summed E-state index contributed by atoms with van der Waals surface area (Å²) >= 11 is 8.06. The third-order valence-electron chi connectivity index (χ3n) is 6.97. The number of amides is 4. The number of hydrogen-bond donors (Lipinski definition) is 4. The number of aromatic nitrogens is 1. The number of nitrogens with zero attached hydrogens (tertiary/aromatic N) is 3. The molecule has 274 valence electrons. The van der Waals surface area contributed by atoms with Crippen LogP contribution in [0.15, 0.2) is 58.2 Å². The number of anilines is 1. The number of alkyl halides is 1. The third-order valence-corrected chi connectivity index (χ3v) is 9.20. The van der Waals surface area contributed by atoms with Crippen molar-refractivity contribution in [2.75, 3.05) is 31.2 Å². The lowest BCUT2D eigenvalue weighted by atomic mass is 10.0. The van der Waals surface area contributed by atoms with Gasteiger partial charge in [0.2, 0.25) is 5.72 Å². The Morgan fingerprint density at radius 3 is 2.49 bits per heavy atom. The van der Waals surface area contributed by atoms with Crippen molar-refractivity contribution in [1.29, 1.82) is 0 Å². The Balaban J connectivity index is 1.44. The molecule has 16 nitrogen and oxygen atoms in total. The van der Waals surface area contributed by atoms with Gasteiger partial charge in [0.1, 0.15) is 47.9 Å². The smallest absolute Gasteiger partial charge is 0.410 e. The number of esters is 1. The van der Waals surface area contributed by atoms with Crippen molar-refractivity contribution in [3.8, 4) is 5.75 Å². The van der Waals surface area contributed by atoms with Crippen molar-refractivity contribution < 1.29 is 48.1 Å². The number of fused-ring (bicyclic) bond motifs is 1. The second kappa shape index (κ2) is 16.6. The number of aliphatic hydroxyl groups is 1. The Kier molecular flexibility index (Phi) is 12.7. The number of benzene rings is 1. The molecule has 0 bridgehead atoms. The number of thioether (sulfide) groups is 1. The number of alkyl carbamates (subject to hydrolysis) is 1. The number of oxime groups is 1. The molecule has 2 unspecified atom stereocenters. The van der Waals surface area contributed by atoms with Crippen LogP contribution in [0.5, 0.6) is 5.75 Å². The van der Waals surface area contributed by atoms with Crippen LogP contribution in [-0.2, 0) is 40.1 Å². The molecule has 0 aliphatic carbocycles. The first-order valence-electron chi connectivity index (χ1n) is 15.2. The van der Waals surface area contributed by atoms with E-state index < -0.39 is 52.5 Å². The molecule has 0 radical (unpaired) electrons. The first-order valence-corrected chi connectivity index (χ1v) is 17.7. The van der Waals surface area contributed by atoms with E-state index in [2.05, 4.69) is 26.1 Å². The van der Waals surface area contributed by atoms with Crippen LogP contribution >= 0.6 is 34.7 Å².